The first-order chi connectivity index (χ1) is 12.0. The number of hydrogen-bond donors (Lipinski definition) is 0. The molecule has 0 unspecified atom stereocenters. The van der Waals surface area contributed by atoms with Crippen molar-refractivity contribution in [2.75, 3.05) is 0 Å². The molecule has 3 fully saturated rings. The molecule has 2 aromatic rings. The van der Waals surface area contributed by atoms with Gasteiger partial charge in [0, 0.05) is 18.1 Å². The average Bonchev–Trinajstić information content (AvgIpc) is 2.58. The van der Waals surface area contributed by atoms with Crippen LogP contribution in [0.4, 0.5) is 5.69 Å². The summed E-state index contributed by atoms with van der Waals surface area (Å²) in [5.41, 5.74) is 0.938. The van der Waals surface area contributed by atoms with E-state index in [-0.39, 0.29) is 30.0 Å². The molecule has 1 saturated carbocycles. The van der Waals surface area contributed by atoms with E-state index < -0.39 is 10.3 Å². The first-order valence-electron chi connectivity index (χ1n) is 8.16. The monoisotopic (exact) mass is 336 g/mol. The van der Waals surface area contributed by atoms with E-state index in [2.05, 4.69) is 0 Å². The first-order valence-corrected chi connectivity index (χ1v) is 8.16. The summed E-state index contributed by atoms with van der Waals surface area (Å²) in [4.78, 5) is 37.3. The molecule has 2 heterocycles. The quantitative estimate of drug-likeness (QED) is 0.488. The van der Waals surface area contributed by atoms with Crippen LogP contribution in [0.5, 0.6) is 0 Å². The minimum Gasteiger partial charge on any atom is -0.277 e. The lowest BCUT2D eigenvalue weighted by atomic mass is 9.55. The molecule has 0 spiro atoms. The number of piperidine rings is 2. The van der Waals surface area contributed by atoms with Gasteiger partial charge in [-0.2, -0.15) is 0 Å². The van der Waals surface area contributed by atoms with Crippen LogP contribution in [0.25, 0.3) is 0 Å². The number of imide groups is 1. The number of non-ortho nitro benzene ring substituents is 1. The van der Waals surface area contributed by atoms with Crippen LogP contribution < -0.4 is 0 Å². The Morgan fingerprint density at radius 1 is 1.04 bits per heavy atom. The van der Waals surface area contributed by atoms with Gasteiger partial charge in [0.05, 0.1) is 16.9 Å². The number of carbonyl (C=O) groups is 2. The number of rotatable bonds is 4. The Bertz CT molecular complexity index is 855. The summed E-state index contributed by atoms with van der Waals surface area (Å²) in [6.07, 6.45) is 0.988. The van der Waals surface area contributed by atoms with Gasteiger partial charge in [0.1, 0.15) is 0 Å². The van der Waals surface area contributed by atoms with Crippen molar-refractivity contribution >= 4 is 17.5 Å². The molecule has 6 nitrogen and oxygen atoms in total. The number of amides is 2. The number of benzene rings is 2. The van der Waals surface area contributed by atoms with Crippen molar-refractivity contribution in [2.45, 2.75) is 24.8 Å². The van der Waals surface area contributed by atoms with Gasteiger partial charge in [0.2, 0.25) is 11.8 Å². The lowest BCUT2D eigenvalue weighted by Crippen LogP contribution is -2.65. The van der Waals surface area contributed by atoms with E-state index >= 15 is 0 Å². The highest BCUT2D eigenvalue weighted by Crippen LogP contribution is 2.53. The van der Waals surface area contributed by atoms with Crippen molar-refractivity contribution in [1.82, 2.24) is 4.90 Å². The van der Waals surface area contributed by atoms with E-state index in [1.54, 1.807) is 12.1 Å². The van der Waals surface area contributed by atoms with E-state index in [1.807, 2.05) is 30.3 Å². The molecule has 2 saturated heterocycles. The number of hydrogen-bond acceptors (Lipinski definition) is 4. The maximum absolute atomic E-state index is 13.1. The minimum atomic E-state index is -0.720. The third kappa shape index (κ3) is 2.33. The lowest BCUT2D eigenvalue weighted by molar-refractivity contribution is -0.384. The van der Waals surface area contributed by atoms with E-state index in [9.17, 15) is 19.7 Å². The Kier molecular flexibility index (Phi) is 3.42. The zero-order valence-electron chi connectivity index (χ0n) is 13.4. The molecule has 0 N–H and O–H groups in total. The second-order valence-electron chi connectivity index (χ2n) is 6.71. The second kappa shape index (κ2) is 5.51. The number of carbonyl (C=O) groups excluding carboxylic acids is 2. The fourth-order valence-electron chi connectivity index (χ4n) is 3.89. The normalized spacial score (nSPS) is 24.8. The van der Waals surface area contributed by atoms with Crippen LogP contribution in [0, 0.1) is 16.0 Å². The predicted octanol–water partition coefficient (Wildman–Crippen LogP) is 2.81. The fourth-order valence-corrected chi connectivity index (χ4v) is 3.89. The molecular weight excluding hydrogens is 320 g/mol. The van der Waals surface area contributed by atoms with Gasteiger partial charge < -0.3 is 0 Å². The number of nitro benzene ring substituents is 1. The van der Waals surface area contributed by atoms with Crippen LogP contribution >= 0.6 is 0 Å². The number of fused-ring (bicyclic) bond motifs is 2. The molecule has 2 aromatic carbocycles. The van der Waals surface area contributed by atoms with Gasteiger partial charge in [0.25, 0.3) is 5.69 Å². The Balaban J connectivity index is 1.64. The van der Waals surface area contributed by atoms with Crippen LogP contribution in [0.2, 0.25) is 0 Å². The summed E-state index contributed by atoms with van der Waals surface area (Å²) >= 11 is 0. The van der Waals surface area contributed by atoms with Crippen LogP contribution in [-0.4, -0.2) is 21.6 Å². The van der Waals surface area contributed by atoms with Gasteiger partial charge in [-0.25, -0.2) is 0 Å². The maximum Gasteiger partial charge on any atom is 0.269 e. The van der Waals surface area contributed by atoms with E-state index in [4.69, 9.17) is 0 Å². The lowest BCUT2D eigenvalue weighted by Gasteiger charge is -2.53. The van der Waals surface area contributed by atoms with Crippen molar-refractivity contribution in [3.63, 3.8) is 0 Å². The van der Waals surface area contributed by atoms with Gasteiger partial charge in [-0.3, -0.25) is 24.6 Å². The molecule has 5 rings (SSSR count). The van der Waals surface area contributed by atoms with Crippen molar-refractivity contribution in [1.29, 1.82) is 0 Å². The molecule has 0 radical (unpaired) electrons. The van der Waals surface area contributed by atoms with Crippen LogP contribution in [0.1, 0.15) is 24.0 Å². The standard InChI is InChI=1S/C19H16N2O4/c22-17-14-10-19(11-14,15-6-8-16(9-7-15)21(24)25)18(23)20(17)12-13-4-2-1-3-5-13/h1-9,14H,10-12H2. The summed E-state index contributed by atoms with van der Waals surface area (Å²) in [6.45, 7) is 0.268. The molecule has 25 heavy (non-hydrogen) atoms. The molecule has 3 aliphatic rings. The highest BCUT2D eigenvalue weighted by atomic mass is 16.6. The first kappa shape index (κ1) is 15.5. The summed E-state index contributed by atoms with van der Waals surface area (Å²) in [5.74, 6) is -0.452. The molecular formula is C19H16N2O4. The zero-order chi connectivity index (χ0) is 17.6. The Morgan fingerprint density at radius 2 is 1.68 bits per heavy atom. The Hall–Kier alpha value is -3.02. The summed E-state index contributed by atoms with van der Waals surface area (Å²) < 4.78 is 0. The van der Waals surface area contributed by atoms with Crippen LogP contribution in [0.15, 0.2) is 54.6 Å². The van der Waals surface area contributed by atoms with Gasteiger partial charge in [-0.05, 0) is 24.0 Å². The molecule has 2 amide bonds. The molecule has 2 bridgehead atoms. The third-order valence-corrected chi connectivity index (χ3v) is 5.27. The van der Waals surface area contributed by atoms with Gasteiger partial charge in [-0.1, -0.05) is 42.5 Å². The van der Waals surface area contributed by atoms with Gasteiger partial charge in [-0.15, -0.1) is 0 Å². The SMILES string of the molecule is O=C1C2CC(c3ccc([N+](=O)[O-])cc3)(C2)C(=O)N1Cc1ccccc1. The van der Waals surface area contributed by atoms with Crippen molar-refractivity contribution in [2.24, 2.45) is 5.92 Å². The average molecular weight is 336 g/mol. The van der Waals surface area contributed by atoms with Crippen molar-refractivity contribution in [3.8, 4) is 0 Å². The highest BCUT2D eigenvalue weighted by Gasteiger charge is 2.61. The molecule has 0 atom stereocenters. The summed E-state index contributed by atoms with van der Waals surface area (Å²) in [5, 5.41) is 10.8. The molecule has 1 aliphatic carbocycles. The van der Waals surface area contributed by atoms with Crippen molar-refractivity contribution in [3.05, 3.63) is 75.8 Å². The Labute approximate surface area is 144 Å². The van der Waals surface area contributed by atoms with Gasteiger partial charge >= 0.3 is 0 Å². The van der Waals surface area contributed by atoms with Crippen LogP contribution in [-0.2, 0) is 21.5 Å². The Morgan fingerprint density at radius 3 is 2.28 bits per heavy atom. The highest BCUT2D eigenvalue weighted by molar-refractivity contribution is 6.07. The third-order valence-electron chi connectivity index (χ3n) is 5.27. The fraction of sp³-hybridized carbons (Fsp3) is 0.263. The number of nitro groups is 1. The number of nitrogens with zero attached hydrogens (tertiary/aromatic N) is 2. The van der Waals surface area contributed by atoms with Crippen molar-refractivity contribution < 1.29 is 14.5 Å². The summed E-state index contributed by atoms with van der Waals surface area (Å²) in [7, 11) is 0. The maximum atomic E-state index is 13.1. The molecule has 0 aromatic heterocycles. The largest absolute Gasteiger partial charge is 0.277 e. The van der Waals surface area contributed by atoms with Gasteiger partial charge in [0.15, 0.2) is 0 Å². The molecule has 2 aliphatic heterocycles. The van der Waals surface area contributed by atoms with E-state index in [1.165, 1.54) is 17.0 Å². The second-order valence-corrected chi connectivity index (χ2v) is 6.71. The zero-order valence-corrected chi connectivity index (χ0v) is 13.4. The predicted molar refractivity (Wildman–Crippen MR) is 89.5 cm³/mol. The molecule has 126 valence electrons. The van der Waals surface area contributed by atoms with Crippen LogP contribution in [0.3, 0.4) is 0 Å². The minimum absolute atomic E-state index is 0.00324. The smallest absolute Gasteiger partial charge is 0.269 e. The molecule has 6 heteroatoms. The van der Waals surface area contributed by atoms with E-state index in [0.717, 1.165) is 11.1 Å². The topological polar surface area (TPSA) is 80.5 Å². The van der Waals surface area contributed by atoms with E-state index in [0.29, 0.717) is 12.8 Å². The summed E-state index contributed by atoms with van der Waals surface area (Å²) in [6, 6.07) is 15.5.